The van der Waals surface area contributed by atoms with Crippen LogP contribution >= 0.6 is 7.92 Å². The zero-order chi connectivity index (χ0) is 16.6. The fraction of sp³-hybridized carbons (Fsp3) is 0.143. The maximum atomic E-state index is 12.4. The molecule has 0 saturated carbocycles. The summed E-state index contributed by atoms with van der Waals surface area (Å²) in [5, 5.41) is 2.79. The van der Waals surface area contributed by atoms with E-state index in [1.807, 2.05) is 30.3 Å². The first kappa shape index (κ1) is 17.2. The highest BCUT2D eigenvalue weighted by Crippen LogP contribution is 2.34. The average molecular weight is 352 g/mol. The highest BCUT2D eigenvalue weighted by molar-refractivity contribution is 7.91. The molecule has 24 heavy (non-hydrogen) atoms. The standard InChI is InChI=1S/C21H21OPS/c22-24(21-15-8-3-9-16-21)18-10-17-23(19-11-4-1-5-12-19)20-13-6-2-7-14-20/h1-9,11-16H,10,17-18H2. The van der Waals surface area contributed by atoms with Crippen LogP contribution in [0.3, 0.4) is 0 Å². The average Bonchev–Trinajstić information content (AvgIpc) is 2.67. The fourth-order valence-corrected chi connectivity index (χ4v) is 6.34. The SMILES string of the molecule is [O-][S+](CCCP(c1ccccc1)c1ccccc1)c1ccccc1. The minimum absolute atomic E-state index is 0.385. The molecule has 0 radical (unpaired) electrons. The monoisotopic (exact) mass is 352 g/mol. The molecule has 0 aliphatic heterocycles. The van der Waals surface area contributed by atoms with Crippen LogP contribution in [0.1, 0.15) is 6.42 Å². The van der Waals surface area contributed by atoms with Crippen molar-refractivity contribution < 1.29 is 4.55 Å². The van der Waals surface area contributed by atoms with Gasteiger partial charge in [0.15, 0.2) is 4.90 Å². The Hall–Kier alpha value is -1.60. The summed E-state index contributed by atoms with van der Waals surface area (Å²) in [5.74, 6) is 0.725. The van der Waals surface area contributed by atoms with E-state index in [9.17, 15) is 4.55 Å². The van der Waals surface area contributed by atoms with Gasteiger partial charge in [0.25, 0.3) is 0 Å². The van der Waals surface area contributed by atoms with Gasteiger partial charge in [-0.1, -0.05) is 78.9 Å². The number of benzene rings is 3. The van der Waals surface area contributed by atoms with Crippen molar-refractivity contribution in [2.45, 2.75) is 11.3 Å². The van der Waals surface area contributed by atoms with Gasteiger partial charge in [0.2, 0.25) is 0 Å². The second-order valence-electron chi connectivity index (χ2n) is 5.54. The van der Waals surface area contributed by atoms with Crippen molar-refractivity contribution in [1.82, 2.24) is 0 Å². The predicted molar refractivity (Wildman–Crippen MR) is 106 cm³/mol. The Balaban J connectivity index is 1.67. The molecule has 3 aromatic carbocycles. The quantitative estimate of drug-likeness (QED) is 0.459. The van der Waals surface area contributed by atoms with E-state index in [0.717, 1.165) is 23.2 Å². The highest BCUT2D eigenvalue weighted by Gasteiger charge is 2.16. The van der Waals surface area contributed by atoms with Crippen LogP contribution in [-0.4, -0.2) is 16.5 Å². The van der Waals surface area contributed by atoms with Gasteiger partial charge in [0.05, 0.1) is 0 Å². The molecule has 3 rings (SSSR count). The summed E-state index contributed by atoms with van der Waals surface area (Å²) < 4.78 is 12.4. The lowest BCUT2D eigenvalue weighted by Gasteiger charge is -2.19. The van der Waals surface area contributed by atoms with E-state index >= 15 is 0 Å². The van der Waals surface area contributed by atoms with Gasteiger partial charge in [-0.15, -0.1) is 0 Å². The summed E-state index contributed by atoms with van der Waals surface area (Å²) in [6.45, 7) is 0. The van der Waals surface area contributed by atoms with E-state index in [1.165, 1.54) is 10.6 Å². The van der Waals surface area contributed by atoms with Gasteiger partial charge in [-0.2, -0.15) is 0 Å². The second-order valence-corrected chi connectivity index (χ2v) is 9.45. The van der Waals surface area contributed by atoms with Gasteiger partial charge in [-0.3, -0.25) is 0 Å². The van der Waals surface area contributed by atoms with Crippen LogP contribution in [0.5, 0.6) is 0 Å². The van der Waals surface area contributed by atoms with E-state index in [2.05, 4.69) is 60.7 Å². The Morgan fingerprint density at radius 3 is 1.62 bits per heavy atom. The summed E-state index contributed by atoms with van der Waals surface area (Å²) in [7, 11) is -0.385. The molecular weight excluding hydrogens is 331 g/mol. The lowest BCUT2D eigenvalue weighted by molar-refractivity contribution is 0.594. The van der Waals surface area contributed by atoms with Crippen molar-refractivity contribution in [3.8, 4) is 0 Å². The Kier molecular flexibility index (Phi) is 6.48. The minimum Gasteiger partial charge on any atom is -0.611 e. The van der Waals surface area contributed by atoms with Crippen molar-refractivity contribution in [2.75, 3.05) is 11.9 Å². The molecule has 0 aliphatic carbocycles. The topological polar surface area (TPSA) is 23.1 Å². The van der Waals surface area contributed by atoms with Crippen LogP contribution in [0.2, 0.25) is 0 Å². The molecule has 0 spiro atoms. The molecular formula is C21H21OPS. The minimum atomic E-state index is -0.902. The van der Waals surface area contributed by atoms with Gasteiger partial charge in [0, 0.05) is 0 Å². The molecule has 0 bridgehead atoms. The zero-order valence-corrected chi connectivity index (χ0v) is 15.3. The predicted octanol–water partition coefficient (Wildman–Crippen LogP) is 4.32. The van der Waals surface area contributed by atoms with E-state index in [-0.39, 0.29) is 7.92 Å². The number of rotatable bonds is 7. The molecule has 0 aliphatic rings. The third-order valence-electron chi connectivity index (χ3n) is 3.85. The number of hydrogen-bond acceptors (Lipinski definition) is 1. The molecule has 0 N–H and O–H groups in total. The van der Waals surface area contributed by atoms with Crippen LogP contribution < -0.4 is 10.6 Å². The normalized spacial score (nSPS) is 12.2. The van der Waals surface area contributed by atoms with E-state index in [1.54, 1.807) is 0 Å². The van der Waals surface area contributed by atoms with Crippen LogP contribution in [0.25, 0.3) is 0 Å². The van der Waals surface area contributed by atoms with Gasteiger partial charge in [-0.25, -0.2) is 0 Å². The Morgan fingerprint density at radius 2 is 1.12 bits per heavy atom. The molecule has 0 aromatic heterocycles. The first-order valence-electron chi connectivity index (χ1n) is 8.15. The van der Waals surface area contributed by atoms with E-state index < -0.39 is 11.2 Å². The smallest absolute Gasteiger partial charge is 0.152 e. The third kappa shape index (κ3) is 4.70. The van der Waals surface area contributed by atoms with Gasteiger partial charge < -0.3 is 4.55 Å². The summed E-state index contributed by atoms with van der Waals surface area (Å²) in [5.41, 5.74) is 0. The Labute approximate surface area is 148 Å². The molecule has 3 aromatic rings. The molecule has 0 heterocycles. The van der Waals surface area contributed by atoms with Crippen LogP contribution in [0.15, 0.2) is 95.9 Å². The van der Waals surface area contributed by atoms with Crippen molar-refractivity contribution in [3.05, 3.63) is 91.0 Å². The van der Waals surface area contributed by atoms with Crippen molar-refractivity contribution >= 4 is 29.7 Å². The first-order valence-corrected chi connectivity index (χ1v) is 11.0. The van der Waals surface area contributed by atoms with E-state index in [0.29, 0.717) is 0 Å². The van der Waals surface area contributed by atoms with Crippen LogP contribution in [0, 0.1) is 0 Å². The fourth-order valence-electron chi connectivity index (χ4n) is 2.67. The number of hydrogen-bond donors (Lipinski definition) is 0. The molecule has 122 valence electrons. The van der Waals surface area contributed by atoms with Gasteiger partial charge in [0.1, 0.15) is 5.75 Å². The summed E-state index contributed by atoms with van der Waals surface area (Å²) in [6.07, 6.45) is 2.04. The van der Waals surface area contributed by atoms with Gasteiger partial charge in [-0.05, 0) is 54.4 Å². The molecule has 1 unspecified atom stereocenters. The third-order valence-corrected chi connectivity index (χ3v) is 7.92. The van der Waals surface area contributed by atoms with Crippen molar-refractivity contribution in [2.24, 2.45) is 0 Å². The lowest BCUT2D eigenvalue weighted by atomic mass is 10.4. The Morgan fingerprint density at radius 1 is 0.667 bits per heavy atom. The first-order chi connectivity index (χ1) is 11.8. The molecule has 1 nitrogen and oxygen atoms in total. The van der Waals surface area contributed by atoms with Crippen LogP contribution in [-0.2, 0) is 11.2 Å². The zero-order valence-electron chi connectivity index (χ0n) is 13.5. The van der Waals surface area contributed by atoms with Crippen LogP contribution in [0.4, 0.5) is 0 Å². The largest absolute Gasteiger partial charge is 0.611 e. The summed E-state index contributed by atoms with van der Waals surface area (Å²) in [4.78, 5) is 0.932. The molecule has 3 heteroatoms. The maximum absolute atomic E-state index is 12.4. The van der Waals surface area contributed by atoms with E-state index in [4.69, 9.17) is 0 Å². The summed E-state index contributed by atoms with van der Waals surface area (Å²) in [6, 6.07) is 31.2. The molecule has 0 saturated heterocycles. The van der Waals surface area contributed by atoms with Crippen molar-refractivity contribution in [3.63, 3.8) is 0 Å². The molecule has 0 fully saturated rings. The molecule has 0 amide bonds. The Bertz CT molecular complexity index is 679. The van der Waals surface area contributed by atoms with Gasteiger partial charge >= 0.3 is 0 Å². The van der Waals surface area contributed by atoms with Crippen molar-refractivity contribution in [1.29, 1.82) is 0 Å². The highest BCUT2D eigenvalue weighted by atomic mass is 32.2. The lowest BCUT2D eigenvalue weighted by Crippen LogP contribution is -2.16. The second kappa shape index (κ2) is 9.03. The molecule has 1 atom stereocenters. The maximum Gasteiger partial charge on any atom is 0.152 e. The summed E-state index contributed by atoms with van der Waals surface area (Å²) >= 11 is -0.902.